The summed E-state index contributed by atoms with van der Waals surface area (Å²) in [6, 6.07) is 16.4. The molecule has 0 spiro atoms. The van der Waals surface area contributed by atoms with E-state index in [4.69, 9.17) is 0 Å². The summed E-state index contributed by atoms with van der Waals surface area (Å²) in [6.45, 7) is 5.21. The number of hydrogen-bond donors (Lipinski definition) is 0. The molecule has 0 saturated heterocycles. The predicted molar refractivity (Wildman–Crippen MR) is 141 cm³/mol. The molecule has 2 aromatic heterocycles. The lowest BCUT2D eigenvalue weighted by Gasteiger charge is -2.40. The van der Waals surface area contributed by atoms with Gasteiger partial charge in [-0.3, -0.25) is 0 Å². The van der Waals surface area contributed by atoms with Crippen LogP contribution in [0.1, 0.15) is 11.3 Å². The lowest BCUT2D eigenvalue weighted by atomic mass is 9.93. The van der Waals surface area contributed by atoms with E-state index >= 15 is 0 Å². The van der Waals surface area contributed by atoms with Crippen molar-refractivity contribution in [3.63, 3.8) is 0 Å². The van der Waals surface area contributed by atoms with Gasteiger partial charge in [-0.05, 0) is 35.2 Å². The van der Waals surface area contributed by atoms with Crippen molar-refractivity contribution in [2.45, 2.75) is 24.0 Å². The minimum absolute atomic E-state index is 0.0499. The highest BCUT2D eigenvalue weighted by atomic mass is 32.2. The molecule has 0 saturated carbocycles. The second kappa shape index (κ2) is 9.75. The minimum atomic E-state index is -3.81. The molecule has 0 radical (unpaired) electrons. The fourth-order valence-corrected chi connectivity index (χ4v) is 6.38. The Morgan fingerprint density at radius 2 is 1.92 bits per heavy atom. The maximum Gasteiger partial charge on any atom is 0.262 e. The maximum absolute atomic E-state index is 13.7. The SMILES string of the molecule is C=CCN(C1Cc2cc(-c3ccccc3)ccc2N(Cc2cncn2C)C1)S(=O)(=O)c1cn(C)cn1. The summed E-state index contributed by atoms with van der Waals surface area (Å²) in [5.41, 5.74) is 5.51. The number of imidazole rings is 2. The van der Waals surface area contributed by atoms with Gasteiger partial charge in [-0.25, -0.2) is 18.4 Å². The third-order valence-electron chi connectivity index (χ3n) is 6.65. The third kappa shape index (κ3) is 4.59. The Morgan fingerprint density at radius 3 is 2.58 bits per heavy atom. The van der Waals surface area contributed by atoms with E-state index in [1.807, 2.05) is 36.0 Å². The van der Waals surface area contributed by atoms with Crippen molar-refractivity contribution in [3.8, 4) is 11.1 Å². The molecule has 4 aromatic rings. The first-order valence-electron chi connectivity index (χ1n) is 11.9. The van der Waals surface area contributed by atoms with Gasteiger partial charge in [0.1, 0.15) is 0 Å². The van der Waals surface area contributed by atoms with Gasteiger partial charge in [0.05, 0.1) is 24.9 Å². The average molecular weight is 503 g/mol. The molecule has 3 heterocycles. The summed E-state index contributed by atoms with van der Waals surface area (Å²) < 4.78 is 32.5. The number of sulfonamides is 1. The number of anilines is 1. The van der Waals surface area contributed by atoms with E-state index in [1.54, 1.807) is 30.2 Å². The van der Waals surface area contributed by atoms with Gasteiger partial charge in [0, 0.05) is 51.3 Å². The molecule has 9 heteroatoms. The van der Waals surface area contributed by atoms with E-state index in [9.17, 15) is 8.42 Å². The van der Waals surface area contributed by atoms with Gasteiger partial charge in [0.2, 0.25) is 0 Å². The summed E-state index contributed by atoms with van der Waals surface area (Å²) in [5.74, 6) is 0. The van der Waals surface area contributed by atoms with E-state index < -0.39 is 10.0 Å². The van der Waals surface area contributed by atoms with Crippen LogP contribution in [0, 0.1) is 0 Å². The smallest absolute Gasteiger partial charge is 0.262 e. The number of rotatable bonds is 8. The highest BCUT2D eigenvalue weighted by Gasteiger charge is 2.37. The van der Waals surface area contributed by atoms with Gasteiger partial charge >= 0.3 is 0 Å². The van der Waals surface area contributed by atoms with Gasteiger partial charge in [0.25, 0.3) is 10.0 Å². The van der Waals surface area contributed by atoms with Crippen LogP contribution in [0.15, 0.2) is 91.3 Å². The molecule has 0 aliphatic carbocycles. The molecule has 8 nitrogen and oxygen atoms in total. The summed E-state index contributed by atoms with van der Waals surface area (Å²) in [7, 11) is -0.0782. The van der Waals surface area contributed by atoms with Crippen LogP contribution < -0.4 is 4.90 Å². The van der Waals surface area contributed by atoms with Crippen molar-refractivity contribution in [1.29, 1.82) is 0 Å². The molecule has 2 aromatic carbocycles. The number of aromatic nitrogens is 4. The van der Waals surface area contributed by atoms with Crippen molar-refractivity contribution in [3.05, 3.63) is 97.5 Å². The van der Waals surface area contributed by atoms with Crippen LogP contribution >= 0.6 is 0 Å². The average Bonchev–Trinajstić information content (AvgIpc) is 3.50. The number of aryl methyl sites for hydroxylation is 2. The van der Waals surface area contributed by atoms with Crippen LogP contribution in [0.3, 0.4) is 0 Å². The van der Waals surface area contributed by atoms with Crippen LogP contribution in [0.2, 0.25) is 0 Å². The van der Waals surface area contributed by atoms with Gasteiger partial charge in [-0.15, -0.1) is 6.58 Å². The molecule has 1 aliphatic rings. The van der Waals surface area contributed by atoms with Gasteiger partial charge in [0.15, 0.2) is 5.03 Å². The lowest BCUT2D eigenvalue weighted by Crippen LogP contribution is -2.50. The van der Waals surface area contributed by atoms with E-state index in [1.165, 1.54) is 10.6 Å². The summed E-state index contributed by atoms with van der Waals surface area (Å²) in [6.07, 6.45) is 8.93. The first kappa shape index (κ1) is 24.0. The van der Waals surface area contributed by atoms with Crippen LogP contribution in [-0.2, 0) is 37.1 Å². The molecule has 1 aliphatic heterocycles. The Morgan fingerprint density at radius 1 is 1.11 bits per heavy atom. The molecule has 0 N–H and O–H groups in total. The van der Waals surface area contributed by atoms with Crippen molar-refractivity contribution in [2.75, 3.05) is 18.0 Å². The summed E-state index contributed by atoms with van der Waals surface area (Å²) in [4.78, 5) is 10.7. The first-order valence-corrected chi connectivity index (χ1v) is 13.3. The first-order chi connectivity index (χ1) is 17.4. The number of hydrogen-bond acceptors (Lipinski definition) is 5. The quantitative estimate of drug-likeness (QED) is 0.344. The molecular formula is C27H30N6O2S. The molecule has 36 heavy (non-hydrogen) atoms. The second-order valence-corrected chi connectivity index (χ2v) is 11.0. The Kier molecular flexibility index (Phi) is 6.51. The lowest BCUT2D eigenvalue weighted by molar-refractivity contribution is 0.330. The molecular weight excluding hydrogens is 472 g/mol. The molecule has 186 valence electrons. The third-order valence-corrected chi connectivity index (χ3v) is 8.46. The van der Waals surface area contributed by atoms with Crippen LogP contribution in [0.25, 0.3) is 11.1 Å². The highest BCUT2D eigenvalue weighted by Crippen LogP contribution is 2.35. The Hall–Kier alpha value is -3.69. The molecule has 0 amide bonds. The summed E-state index contributed by atoms with van der Waals surface area (Å²) >= 11 is 0. The highest BCUT2D eigenvalue weighted by molar-refractivity contribution is 7.89. The number of benzene rings is 2. The van der Waals surface area contributed by atoms with E-state index in [-0.39, 0.29) is 17.6 Å². The fraction of sp³-hybridized carbons (Fsp3) is 0.259. The fourth-order valence-electron chi connectivity index (χ4n) is 4.83. The summed E-state index contributed by atoms with van der Waals surface area (Å²) in [5, 5.41) is 0.0499. The Balaban J connectivity index is 1.56. The standard InChI is InChI=1S/C27H30N6O2S/c1-4-12-33(36(34,35)27-18-30(2)20-29-27)24-14-23-13-22(21-8-6-5-7-9-21)10-11-26(23)32(16-24)17-25-15-28-19-31(25)3/h4-11,13,15,18-20,24H,1,12,14,16-17H2,2-3H3. The zero-order valence-corrected chi connectivity index (χ0v) is 21.3. The van der Waals surface area contributed by atoms with Gasteiger partial charge in [-0.2, -0.15) is 4.31 Å². The Labute approximate surface area is 212 Å². The minimum Gasteiger partial charge on any atom is -0.364 e. The zero-order valence-electron chi connectivity index (χ0n) is 20.5. The molecule has 5 rings (SSSR count). The molecule has 0 fully saturated rings. The van der Waals surface area contributed by atoms with E-state index in [0.717, 1.165) is 28.1 Å². The second-order valence-electron chi connectivity index (χ2n) is 9.18. The molecule has 0 bridgehead atoms. The van der Waals surface area contributed by atoms with Gasteiger partial charge in [-0.1, -0.05) is 42.5 Å². The molecule has 1 unspecified atom stereocenters. The molecule has 1 atom stereocenters. The topological polar surface area (TPSA) is 76.3 Å². The monoisotopic (exact) mass is 502 g/mol. The number of fused-ring (bicyclic) bond motifs is 1. The zero-order chi connectivity index (χ0) is 25.3. The van der Waals surface area contributed by atoms with Crippen LogP contribution in [0.4, 0.5) is 5.69 Å². The van der Waals surface area contributed by atoms with E-state index in [0.29, 0.717) is 19.5 Å². The predicted octanol–water partition coefficient (Wildman–Crippen LogP) is 3.63. The van der Waals surface area contributed by atoms with Crippen LogP contribution in [-0.4, -0.2) is 51.0 Å². The van der Waals surface area contributed by atoms with E-state index in [2.05, 4.69) is 51.8 Å². The van der Waals surface area contributed by atoms with Crippen molar-refractivity contribution in [1.82, 2.24) is 23.4 Å². The van der Waals surface area contributed by atoms with Crippen molar-refractivity contribution in [2.24, 2.45) is 14.1 Å². The van der Waals surface area contributed by atoms with Crippen LogP contribution in [0.5, 0.6) is 0 Å². The normalized spacial score (nSPS) is 15.8. The van der Waals surface area contributed by atoms with Gasteiger partial charge < -0.3 is 14.0 Å². The van der Waals surface area contributed by atoms with Crippen molar-refractivity contribution >= 4 is 15.7 Å². The van der Waals surface area contributed by atoms with Crippen molar-refractivity contribution < 1.29 is 8.42 Å². The largest absolute Gasteiger partial charge is 0.364 e. The number of nitrogens with zero attached hydrogens (tertiary/aromatic N) is 6. The Bertz CT molecular complexity index is 1470. The maximum atomic E-state index is 13.7.